The Kier molecular flexibility index (Phi) is 9.05. The lowest BCUT2D eigenvalue weighted by Gasteiger charge is -2.41. The Bertz CT molecular complexity index is 1220. The van der Waals surface area contributed by atoms with Gasteiger partial charge in [-0.25, -0.2) is 8.42 Å². The van der Waals surface area contributed by atoms with Gasteiger partial charge in [-0.3, -0.25) is 4.72 Å². The van der Waals surface area contributed by atoms with Crippen molar-refractivity contribution >= 4 is 27.5 Å². The molecule has 0 radical (unpaired) electrons. The van der Waals surface area contributed by atoms with Gasteiger partial charge in [0.25, 0.3) is 10.0 Å². The topological polar surface area (TPSA) is 105 Å². The Morgan fingerprint density at radius 1 is 0.917 bits per heavy atom. The van der Waals surface area contributed by atoms with Crippen LogP contribution in [-0.2, 0) is 26.1 Å². The van der Waals surface area contributed by atoms with Crippen molar-refractivity contribution in [2.45, 2.75) is 36.9 Å². The Hall–Kier alpha value is -2.40. The number of nitrogens with one attached hydrogen (secondary N) is 1. The van der Waals surface area contributed by atoms with Crippen molar-refractivity contribution in [1.29, 1.82) is 0 Å². The number of anilines is 1. The van der Waals surface area contributed by atoms with Gasteiger partial charge in [-0.15, -0.1) is 0 Å². The van der Waals surface area contributed by atoms with Crippen molar-refractivity contribution in [3.63, 3.8) is 0 Å². The van der Waals surface area contributed by atoms with Gasteiger partial charge in [-0.2, -0.15) is 11.8 Å². The lowest BCUT2D eigenvalue weighted by Crippen LogP contribution is -2.38. The molecule has 0 aromatic heterocycles. The number of hydrogen-bond acceptors (Lipinski definition) is 7. The molecular formula is C27H31NO6S2. The van der Waals surface area contributed by atoms with Crippen LogP contribution in [0.3, 0.4) is 0 Å². The lowest BCUT2D eigenvalue weighted by molar-refractivity contribution is -0.268. The van der Waals surface area contributed by atoms with Crippen molar-refractivity contribution in [1.82, 2.24) is 0 Å². The summed E-state index contributed by atoms with van der Waals surface area (Å²) < 4.78 is 41.0. The Morgan fingerprint density at radius 2 is 1.67 bits per heavy atom. The number of ether oxygens (including phenoxy) is 2. The summed E-state index contributed by atoms with van der Waals surface area (Å²) in [6.45, 7) is 2.15. The van der Waals surface area contributed by atoms with E-state index in [-0.39, 0.29) is 36.2 Å². The van der Waals surface area contributed by atoms with E-state index in [0.29, 0.717) is 22.8 Å². The van der Waals surface area contributed by atoms with Gasteiger partial charge >= 0.3 is 0 Å². The zero-order valence-corrected chi connectivity index (χ0v) is 21.6. The molecule has 7 nitrogen and oxygen atoms in total. The van der Waals surface area contributed by atoms with E-state index in [4.69, 9.17) is 9.47 Å². The SMILES string of the molecule is C[C@H]1[C@@H](CSCCO)O[C@@H](c2cccc(NS(=O)(=O)c3ccccc3)c2)O[C@H]1c1ccc(CO)cc1. The van der Waals surface area contributed by atoms with E-state index in [2.05, 4.69) is 11.6 Å². The van der Waals surface area contributed by atoms with Crippen LogP contribution in [0.2, 0.25) is 0 Å². The summed E-state index contributed by atoms with van der Waals surface area (Å²) in [6.07, 6.45) is -1.11. The van der Waals surface area contributed by atoms with Crippen molar-refractivity contribution in [3.05, 3.63) is 95.6 Å². The number of aliphatic hydroxyl groups is 2. The third kappa shape index (κ3) is 6.47. The van der Waals surface area contributed by atoms with Gasteiger partial charge in [-0.1, -0.05) is 61.5 Å². The lowest BCUT2D eigenvalue weighted by atomic mass is 9.91. The number of sulfonamides is 1. The van der Waals surface area contributed by atoms with Gasteiger partial charge in [-0.05, 0) is 35.4 Å². The second kappa shape index (κ2) is 12.2. The predicted octanol–water partition coefficient (Wildman–Crippen LogP) is 4.50. The molecule has 0 unspecified atom stereocenters. The highest BCUT2D eigenvalue weighted by atomic mass is 32.2. The molecule has 1 aliphatic heterocycles. The molecule has 0 bridgehead atoms. The standard InChI is InChI=1S/C27H31NO6S2/c1-19-25(18-35-15-14-29)33-27(34-26(19)21-12-10-20(17-30)11-13-21)22-6-5-7-23(16-22)28-36(31,32)24-8-3-2-4-9-24/h2-13,16,19,25-30H,14-15,17-18H2,1H3/t19-,25+,26+,27+/m0/s1. The van der Waals surface area contributed by atoms with Crippen LogP contribution < -0.4 is 4.72 Å². The number of aliphatic hydroxyl groups excluding tert-OH is 2. The first kappa shape index (κ1) is 26.7. The van der Waals surface area contributed by atoms with Gasteiger partial charge in [0, 0.05) is 28.7 Å². The smallest absolute Gasteiger partial charge is 0.261 e. The monoisotopic (exact) mass is 529 g/mol. The summed E-state index contributed by atoms with van der Waals surface area (Å²) >= 11 is 1.62. The molecule has 4 atom stereocenters. The number of hydrogen-bond donors (Lipinski definition) is 3. The van der Waals surface area contributed by atoms with E-state index in [1.165, 1.54) is 0 Å². The van der Waals surface area contributed by atoms with Gasteiger partial charge in [0.15, 0.2) is 6.29 Å². The number of rotatable bonds is 10. The minimum Gasteiger partial charge on any atom is -0.396 e. The predicted molar refractivity (Wildman–Crippen MR) is 141 cm³/mol. The van der Waals surface area contributed by atoms with E-state index in [1.54, 1.807) is 60.3 Å². The summed E-state index contributed by atoms with van der Waals surface area (Å²) in [7, 11) is -3.73. The fourth-order valence-corrected chi connectivity index (χ4v) is 6.12. The van der Waals surface area contributed by atoms with E-state index in [1.807, 2.05) is 30.3 Å². The van der Waals surface area contributed by atoms with Crippen molar-refractivity contribution < 1.29 is 28.1 Å². The molecule has 0 aliphatic carbocycles. The molecule has 3 aromatic carbocycles. The highest BCUT2D eigenvalue weighted by molar-refractivity contribution is 7.99. The van der Waals surface area contributed by atoms with Crippen LogP contribution >= 0.6 is 11.8 Å². The van der Waals surface area contributed by atoms with Crippen LogP contribution in [0.1, 0.15) is 36.0 Å². The van der Waals surface area contributed by atoms with Crippen LogP contribution in [0, 0.1) is 5.92 Å². The molecule has 1 fully saturated rings. The van der Waals surface area contributed by atoms with E-state index < -0.39 is 16.3 Å². The molecular weight excluding hydrogens is 498 g/mol. The molecule has 36 heavy (non-hydrogen) atoms. The largest absolute Gasteiger partial charge is 0.396 e. The average molecular weight is 530 g/mol. The summed E-state index contributed by atoms with van der Waals surface area (Å²) in [6, 6.07) is 22.9. The molecule has 1 saturated heterocycles. The van der Waals surface area contributed by atoms with E-state index >= 15 is 0 Å². The summed E-state index contributed by atoms with van der Waals surface area (Å²) in [4.78, 5) is 0.182. The first-order valence-electron chi connectivity index (χ1n) is 11.8. The maximum Gasteiger partial charge on any atom is 0.261 e. The Morgan fingerprint density at radius 3 is 2.36 bits per heavy atom. The number of benzene rings is 3. The summed E-state index contributed by atoms with van der Waals surface area (Å²) in [5.41, 5.74) is 2.91. The van der Waals surface area contributed by atoms with Crippen LogP contribution in [0.15, 0.2) is 83.8 Å². The highest BCUT2D eigenvalue weighted by Gasteiger charge is 2.38. The number of thioether (sulfide) groups is 1. The first-order chi connectivity index (χ1) is 17.4. The summed E-state index contributed by atoms with van der Waals surface area (Å²) in [5, 5.41) is 18.6. The molecule has 0 amide bonds. The molecule has 192 valence electrons. The van der Waals surface area contributed by atoms with Gasteiger partial charge in [0.1, 0.15) is 0 Å². The second-order valence-electron chi connectivity index (χ2n) is 8.66. The maximum atomic E-state index is 12.8. The minimum absolute atomic E-state index is 0.0286. The molecule has 9 heteroatoms. The van der Waals surface area contributed by atoms with Gasteiger partial charge in [0.05, 0.1) is 30.3 Å². The van der Waals surface area contributed by atoms with Crippen LogP contribution in [0.25, 0.3) is 0 Å². The van der Waals surface area contributed by atoms with Gasteiger partial charge < -0.3 is 19.7 Å². The van der Waals surface area contributed by atoms with Crippen LogP contribution in [-0.4, -0.2) is 42.8 Å². The fraction of sp³-hybridized carbons (Fsp3) is 0.333. The minimum atomic E-state index is -3.73. The maximum absolute atomic E-state index is 12.8. The van der Waals surface area contributed by atoms with E-state index in [0.717, 1.165) is 11.1 Å². The molecule has 1 heterocycles. The molecule has 4 rings (SSSR count). The zero-order chi connectivity index (χ0) is 25.5. The zero-order valence-electron chi connectivity index (χ0n) is 20.0. The second-order valence-corrected chi connectivity index (χ2v) is 11.5. The van der Waals surface area contributed by atoms with Crippen LogP contribution in [0.4, 0.5) is 5.69 Å². The quantitative estimate of drug-likeness (QED) is 0.332. The first-order valence-corrected chi connectivity index (χ1v) is 14.4. The molecule has 3 aromatic rings. The van der Waals surface area contributed by atoms with Gasteiger partial charge in [0.2, 0.25) is 0 Å². The third-order valence-electron chi connectivity index (χ3n) is 6.11. The Labute approximate surface area is 216 Å². The molecule has 1 aliphatic rings. The third-order valence-corrected chi connectivity index (χ3v) is 8.54. The van der Waals surface area contributed by atoms with Crippen molar-refractivity contribution in [2.24, 2.45) is 5.92 Å². The normalized spacial score (nSPS) is 22.3. The van der Waals surface area contributed by atoms with Crippen LogP contribution in [0.5, 0.6) is 0 Å². The molecule has 0 saturated carbocycles. The fourth-order valence-electron chi connectivity index (χ4n) is 4.14. The summed E-state index contributed by atoms with van der Waals surface area (Å²) in [5.74, 6) is 1.34. The van der Waals surface area contributed by atoms with Crippen molar-refractivity contribution in [2.75, 3.05) is 22.8 Å². The van der Waals surface area contributed by atoms with E-state index in [9.17, 15) is 18.6 Å². The Balaban J connectivity index is 1.59. The van der Waals surface area contributed by atoms with Crippen molar-refractivity contribution in [3.8, 4) is 0 Å². The average Bonchev–Trinajstić information content (AvgIpc) is 2.90. The molecule has 3 N–H and O–H groups in total. The molecule has 0 spiro atoms. The highest BCUT2D eigenvalue weighted by Crippen LogP contribution is 2.42.